The molecule has 1 rings (SSSR count). The molecule has 0 saturated heterocycles. The van der Waals surface area contributed by atoms with Crippen molar-refractivity contribution in [2.45, 2.75) is 25.2 Å². The molecule has 12 heavy (non-hydrogen) atoms. The Balaban J connectivity index is 2.65. The molecule has 1 aromatic carbocycles. The van der Waals surface area contributed by atoms with Gasteiger partial charge >= 0.3 is 0 Å². The van der Waals surface area contributed by atoms with Gasteiger partial charge in [-0.25, -0.2) is 0 Å². The van der Waals surface area contributed by atoms with Crippen LogP contribution in [0.2, 0.25) is 0 Å². The predicted molar refractivity (Wildman–Crippen MR) is 51.9 cm³/mol. The third-order valence-corrected chi connectivity index (χ3v) is 2.11. The maximum atomic E-state index is 12.0. The number of hydrogen-bond donors (Lipinski definition) is 0. The minimum Gasteiger partial charge on any atom is -0.160 e. The quantitative estimate of drug-likeness (QED) is 0.687. The Labute approximate surface area is 77.5 Å². The van der Waals surface area contributed by atoms with Gasteiger partial charge in [0.25, 0.3) is 0 Å². The van der Waals surface area contributed by atoms with Crippen LogP contribution in [0.15, 0.2) is 29.2 Å². The van der Waals surface area contributed by atoms with Crippen LogP contribution in [0.5, 0.6) is 0 Å². The van der Waals surface area contributed by atoms with Crippen LogP contribution in [0.1, 0.15) is 19.4 Å². The molecular formula is C10H13FS. The van der Waals surface area contributed by atoms with Crippen molar-refractivity contribution in [3.05, 3.63) is 29.8 Å². The van der Waals surface area contributed by atoms with Gasteiger partial charge in [0.15, 0.2) is 0 Å². The minimum absolute atomic E-state index is 0.296. The smallest absolute Gasteiger partial charge is 0.0812 e. The SMILES string of the molecule is CC(C)Cc1ccc(SF)cc1. The molecule has 0 aliphatic heterocycles. The van der Waals surface area contributed by atoms with Crippen molar-refractivity contribution in [1.29, 1.82) is 0 Å². The van der Waals surface area contributed by atoms with Crippen molar-refractivity contribution in [3.8, 4) is 0 Å². The lowest BCUT2D eigenvalue weighted by atomic mass is 10.0. The zero-order chi connectivity index (χ0) is 8.97. The molecule has 0 aromatic heterocycles. The highest BCUT2D eigenvalue weighted by molar-refractivity contribution is 7.94. The largest absolute Gasteiger partial charge is 0.160 e. The first-order valence-electron chi connectivity index (χ1n) is 4.10. The van der Waals surface area contributed by atoms with Gasteiger partial charge in [0.05, 0.1) is 12.1 Å². The van der Waals surface area contributed by atoms with E-state index in [1.165, 1.54) is 5.56 Å². The van der Waals surface area contributed by atoms with Gasteiger partial charge < -0.3 is 0 Å². The van der Waals surface area contributed by atoms with Gasteiger partial charge in [0.2, 0.25) is 0 Å². The zero-order valence-corrected chi connectivity index (χ0v) is 8.20. The predicted octanol–water partition coefficient (Wildman–Crippen LogP) is 3.86. The standard InChI is InChI=1S/C10H13FS/c1-8(2)7-9-3-5-10(12-11)6-4-9/h3-6,8H,7H2,1-2H3. The van der Waals surface area contributed by atoms with Gasteiger partial charge in [-0.15, -0.1) is 0 Å². The molecule has 0 atom stereocenters. The molecule has 0 aliphatic carbocycles. The average molecular weight is 184 g/mol. The van der Waals surface area contributed by atoms with E-state index in [0.717, 1.165) is 6.42 Å². The van der Waals surface area contributed by atoms with E-state index >= 15 is 0 Å². The van der Waals surface area contributed by atoms with Crippen LogP contribution in [0.4, 0.5) is 3.89 Å². The molecule has 0 heterocycles. The summed E-state index contributed by atoms with van der Waals surface area (Å²) in [5.41, 5.74) is 1.28. The molecule has 1 aromatic rings. The molecule has 0 spiro atoms. The number of benzene rings is 1. The third-order valence-electron chi connectivity index (χ3n) is 1.66. The molecule has 0 bridgehead atoms. The van der Waals surface area contributed by atoms with Gasteiger partial charge in [0.1, 0.15) is 0 Å². The van der Waals surface area contributed by atoms with E-state index in [1.807, 2.05) is 24.3 Å². The van der Waals surface area contributed by atoms with Gasteiger partial charge in [-0.3, -0.25) is 0 Å². The first-order valence-corrected chi connectivity index (χ1v) is 4.81. The Morgan fingerprint density at radius 1 is 1.25 bits per heavy atom. The summed E-state index contributed by atoms with van der Waals surface area (Å²) in [5, 5.41) is 0. The van der Waals surface area contributed by atoms with Crippen LogP contribution in [0.25, 0.3) is 0 Å². The summed E-state index contributed by atoms with van der Waals surface area (Å²) in [4.78, 5) is 0.683. The lowest BCUT2D eigenvalue weighted by molar-refractivity contribution is 0.647. The molecule has 0 nitrogen and oxygen atoms in total. The van der Waals surface area contributed by atoms with E-state index in [0.29, 0.717) is 23.0 Å². The Kier molecular flexibility index (Phi) is 3.60. The van der Waals surface area contributed by atoms with Crippen molar-refractivity contribution in [2.75, 3.05) is 0 Å². The monoisotopic (exact) mass is 184 g/mol. The van der Waals surface area contributed by atoms with E-state index in [9.17, 15) is 3.89 Å². The van der Waals surface area contributed by atoms with Crippen LogP contribution in [0.3, 0.4) is 0 Å². The van der Waals surface area contributed by atoms with Crippen molar-refractivity contribution < 1.29 is 3.89 Å². The summed E-state index contributed by atoms with van der Waals surface area (Å²) in [6.45, 7) is 4.36. The van der Waals surface area contributed by atoms with Crippen molar-refractivity contribution in [2.24, 2.45) is 5.92 Å². The summed E-state index contributed by atoms with van der Waals surface area (Å²) >= 11 is 0.296. The number of halogens is 1. The highest BCUT2D eigenvalue weighted by Crippen LogP contribution is 2.19. The minimum atomic E-state index is 0.296. The second-order valence-corrected chi connectivity index (χ2v) is 3.94. The summed E-state index contributed by atoms with van der Waals surface area (Å²) in [5.74, 6) is 0.661. The summed E-state index contributed by atoms with van der Waals surface area (Å²) in [6, 6.07) is 7.62. The van der Waals surface area contributed by atoms with Crippen LogP contribution < -0.4 is 0 Å². The van der Waals surface area contributed by atoms with E-state index in [1.54, 1.807) is 0 Å². The van der Waals surface area contributed by atoms with Gasteiger partial charge in [-0.1, -0.05) is 26.0 Å². The van der Waals surface area contributed by atoms with E-state index in [4.69, 9.17) is 0 Å². The maximum Gasteiger partial charge on any atom is 0.0812 e. The van der Waals surface area contributed by atoms with E-state index in [2.05, 4.69) is 13.8 Å². The second-order valence-electron chi connectivity index (χ2n) is 3.32. The van der Waals surface area contributed by atoms with Crippen molar-refractivity contribution in [1.82, 2.24) is 0 Å². The first kappa shape index (κ1) is 9.59. The summed E-state index contributed by atoms with van der Waals surface area (Å²) in [7, 11) is 0. The van der Waals surface area contributed by atoms with Gasteiger partial charge in [-0.2, -0.15) is 3.89 Å². The lowest BCUT2D eigenvalue weighted by Crippen LogP contribution is -1.92. The molecule has 0 amide bonds. The number of rotatable bonds is 3. The number of hydrogen-bond acceptors (Lipinski definition) is 1. The van der Waals surface area contributed by atoms with Crippen LogP contribution in [-0.4, -0.2) is 0 Å². The molecule has 0 N–H and O–H groups in total. The average Bonchev–Trinajstić information content (AvgIpc) is 2.05. The van der Waals surface area contributed by atoms with Gasteiger partial charge in [0, 0.05) is 4.90 Å². The highest BCUT2D eigenvalue weighted by Gasteiger charge is 1.97. The summed E-state index contributed by atoms with van der Waals surface area (Å²) in [6.07, 6.45) is 1.07. The van der Waals surface area contributed by atoms with Crippen LogP contribution >= 0.6 is 12.1 Å². The Morgan fingerprint density at radius 3 is 2.25 bits per heavy atom. The normalized spacial score (nSPS) is 10.7. The van der Waals surface area contributed by atoms with Crippen molar-refractivity contribution in [3.63, 3.8) is 0 Å². The Hall–Kier alpha value is -0.500. The Morgan fingerprint density at radius 2 is 1.83 bits per heavy atom. The second kappa shape index (κ2) is 4.51. The lowest BCUT2D eigenvalue weighted by Gasteiger charge is -2.04. The fourth-order valence-electron chi connectivity index (χ4n) is 1.15. The zero-order valence-electron chi connectivity index (χ0n) is 7.38. The third kappa shape index (κ3) is 2.86. The molecular weight excluding hydrogens is 171 g/mol. The van der Waals surface area contributed by atoms with E-state index < -0.39 is 0 Å². The highest BCUT2D eigenvalue weighted by atomic mass is 32.2. The first-order chi connectivity index (χ1) is 5.72. The maximum absolute atomic E-state index is 12.0. The van der Waals surface area contributed by atoms with Crippen molar-refractivity contribution >= 4 is 12.1 Å². The fraction of sp³-hybridized carbons (Fsp3) is 0.400. The molecule has 0 aliphatic rings. The van der Waals surface area contributed by atoms with Gasteiger partial charge in [-0.05, 0) is 30.0 Å². The van der Waals surface area contributed by atoms with E-state index in [-0.39, 0.29) is 0 Å². The topological polar surface area (TPSA) is 0 Å². The fourth-order valence-corrected chi connectivity index (χ4v) is 1.39. The molecule has 0 fully saturated rings. The molecule has 0 saturated carbocycles. The molecule has 66 valence electrons. The summed E-state index contributed by atoms with van der Waals surface area (Å²) < 4.78 is 12.0. The Bertz CT molecular complexity index is 228. The van der Waals surface area contributed by atoms with Crippen LogP contribution in [-0.2, 0) is 6.42 Å². The van der Waals surface area contributed by atoms with Crippen LogP contribution in [0, 0.1) is 5.92 Å². The molecule has 0 unspecified atom stereocenters. The molecule has 0 radical (unpaired) electrons. The molecule has 2 heteroatoms.